The van der Waals surface area contributed by atoms with E-state index in [2.05, 4.69) is 4.74 Å². The van der Waals surface area contributed by atoms with E-state index in [1.165, 1.54) is 7.11 Å². The molecule has 0 aromatic carbocycles. The van der Waals surface area contributed by atoms with Gasteiger partial charge in [-0.15, -0.1) is 0 Å². The molecule has 12 heavy (non-hydrogen) atoms. The summed E-state index contributed by atoms with van der Waals surface area (Å²) in [5, 5.41) is 0. The highest BCUT2D eigenvalue weighted by Gasteiger charge is 1.92. The molecule has 7 heteroatoms. The first-order valence-electron chi connectivity index (χ1n) is 3.08. The Balaban J connectivity index is 0. The third kappa shape index (κ3) is 34.5. The molecule has 0 aromatic rings. The molecule has 0 heterocycles. The van der Waals surface area contributed by atoms with Crippen molar-refractivity contribution in [2.24, 2.45) is 0 Å². The fourth-order valence-electron chi connectivity index (χ4n) is 0.306. The van der Waals surface area contributed by atoms with Crippen LogP contribution in [0.15, 0.2) is 0 Å². The third-order valence-electron chi connectivity index (χ3n) is 0.682. The van der Waals surface area contributed by atoms with E-state index >= 15 is 0 Å². The molecule has 0 saturated carbocycles. The van der Waals surface area contributed by atoms with Crippen LogP contribution >= 0.6 is 0 Å². The molecule has 0 aliphatic carbocycles. The standard InChI is InChI=1S/C5H10O2.H2O4S/c1-3-4-5(6)7-2;1-5(2,3)4/h3-4H2,1-2H3;(H2,1,2,3,4). The molecule has 0 amide bonds. The molecule has 0 atom stereocenters. The Morgan fingerprint density at radius 1 is 1.42 bits per heavy atom. The lowest BCUT2D eigenvalue weighted by Crippen LogP contribution is -1.97. The van der Waals surface area contributed by atoms with Crippen LogP contribution in [0, 0.1) is 0 Å². The molecule has 0 spiro atoms. The fraction of sp³-hybridized carbons (Fsp3) is 0.800. The van der Waals surface area contributed by atoms with E-state index in [9.17, 15) is 4.79 Å². The topological polar surface area (TPSA) is 101 Å². The van der Waals surface area contributed by atoms with Crippen LogP contribution in [0.25, 0.3) is 0 Å². The van der Waals surface area contributed by atoms with Crippen LogP contribution in [0.5, 0.6) is 0 Å². The summed E-state index contributed by atoms with van der Waals surface area (Å²) in [5.41, 5.74) is 0. The zero-order valence-corrected chi connectivity index (χ0v) is 7.67. The van der Waals surface area contributed by atoms with Crippen LogP contribution < -0.4 is 0 Å². The van der Waals surface area contributed by atoms with Crippen molar-refractivity contribution in [3.63, 3.8) is 0 Å². The minimum Gasteiger partial charge on any atom is -0.469 e. The highest BCUT2D eigenvalue weighted by molar-refractivity contribution is 7.79. The number of hydrogen-bond donors (Lipinski definition) is 2. The number of methoxy groups -OCH3 is 1. The summed E-state index contributed by atoms with van der Waals surface area (Å²) in [6.45, 7) is 1.94. The maximum atomic E-state index is 10.2. The molecular weight excluding hydrogens is 188 g/mol. The summed E-state index contributed by atoms with van der Waals surface area (Å²) >= 11 is 0. The van der Waals surface area contributed by atoms with Crippen molar-refractivity contribution in [2.45, 2.75) is 19.8 Å². The number of ether oxygens (including phenoxy) is 1. The van der Waals surface area contributed by atoms with Crippen molar-refractivity contribution in [1.29, 1.82) is 0 Å². The van der Waals surface area contributed by atoms with Gasteiger partial charge in [0.1, 0.15) is 0 Å². The van der Waals surface area contributed by atoms with Gasteiger partial charge in [0.15, 0.2) is 0 Å². The molecule has 0 aromatic heterocycles. The van der Waals surface area contributed by atoms with Crippen LogP contribution in [-0.4, -0.2) is 30.6 Å². The molecule has 0 rings (SSSR count). The normalized spacial score (nSPS) is 9.67. The van der Waals surface area contributed by atoms with Gasteiger partial charge in [0.25, 0.3) is 0 Å². The van der Waals surface area contributed by atoms with Gasteiger partial charge in [-0.2, -0.15) is 8.42 Å². The largest absolute Gasteiger partial charge is 0.469 e. The molecule has 0 aliphatic rings. The molecule has 6 nitrogen and oxygen atoms in total. The Bertz CT molecular complexity index is 198. The van der Waals surface area contributed by atoms with E-state index in [0.29, 0.717) is 6.42 Å². The SMILES string of the molecule is CCCC(=O)OC.O=S(=O)(O)O. The highest BCUT2D eigenvalue weighted by Crippen LogP contribution is 1.86. The predicted octanol–water partition coefficient (Wildman–Crippen LogP) is 0.307. The summed E-state index contributed by atoms with van der Waals surface area (Å²) in [6, 6.07) is 0. The zero-order chi connectivity index (χ0) is 10.2. The van der Waals surface area contributed by atoms with Crippen LogP contribution in [-0.2, 0) is 19.9 Å². The molecule has 2 N–H and O–H groups in total. The molecule has 0 bridgehead atoms. The van der Waals surface area contributed by atoms with E-state index in [0.717, 1.165) is 6.42 Å². The quantitative estimate of drug-likeness (QED) is 0.491. The molecule has 0 saturated heterocycles. The van der Waals surface area contributed by atoms with Gasteiger partial charge in [0, 0.05) is 6.42 Å². The first kappa shape index (κ1) is 13.9. The third-order valence-corrected chi connectivity index (χ3v) is 0.682. The first-order chi connectivity index (χ1) is 5.31. The monoisotopic (exact) mass is 200 g/mol. The van der Waals surface area contributed by atoms with Crippen molar-refractivity contribution >= 4 is 16.4 Å². The number of carbonyl (C=O) groups excluding carboxylic acids is 1. The van der Waals surface area contributed by atoms with Crippen LogP contribution in [0.2, 0.25) is 0 Å². The van der Waals surface area contributed by atoms with Crippen molar-refractivity contribution in [3.05, 3.63) is 0 Å². The maximum absolute atomic E-state index is 10.2. The number of rotatable bonds is 2. The number of hydrogen-bond acceptors (Lipinski definition) is 4. The van der Waals surface area contributed by atoms with E-state index in [4.69, 9.17) is 17.5 Å². The maximum Gasteiger partial charge on any atom is 0.394 e. The summed E-state index contributed by atoms with van der Waals surface area (Å²) < 4.78 is 35.9. The number of esters is 1. The Kier molecular flexibility index (Phi) is 8.12. The minimum atomic E-state index is -4.67. The Hall–Kier alpha value is -0.660. The second-order valence-corrected chi connectivity index (χ2v) is 2.67. The lowest BCUT2D eigenvalue weighted by molar-refractivity contribution is -0.140. The summed E-state index contributed by atoms with van der Waals surface area (Å²) in [7, 11) is -3.27. The molecule has 74 valence electrons. The van der Waals surface area contributed by atoms with Crippen LogP contribution in [0.1, 0.15) is 19.8 Å². The molecule has 0 radical (unpaired) electrons. The first-order valence-corrected chi connectivity index (χ1v) is 4.47. The van der Waals surface area contributed by atoms with Gasteiger partial charge in [-0.05, 0) is 6.42 Å². The van der Waals surface area contributed by atoms with Gasteiger partial charge in [-0.25, -0.2) is 0 Å². The zero-order valence-electron chi connectivity index (χ0n) is 6.85. The minimum absolute atomic E-state index is 0.123. The lowest BCUT2D eigenvalue weighted by Gasteiger charge is -1.91. The molecule has 0 fully saturated rings. The molecule has 0 unspecified atom stereocenters. The Morgan fingerprint density at radius 2 is 1.75 bits per heavy atom. The van der Waals surface area contributed by atoms with Crippen LogP contribution in [0.4, 0.5) is 0 Å². The van der Waals surface area contributed by atoms with Gasteiger partial charge in [0.05, 0.1) is 7.11 Å². The van der Waals surface area contributed by atoms with Gasteiger partial charge in [0.2, 0.25) is 0 Å². The summed E-state index contributed by atoms with van der Waals surface area (Å²) in [6.07, 6.45) is 1.41. The molecular formula is C5H12O6S. The smallest absolute Gasteiger partial charge is 0.394 e. The van der Waals surface area contributed by atoms with E-state index in [1.807, 2.05) is 6.92 Å². The summed E-state index contributed by atoms with van der Waals surface area (Å²) in [5.74, 6) is -0.123. The molecule has 0 aliphatic heterocycles. The van der Waals surface area contributed by atoms with Crippen molar-refractivity contribution in [1.82, 2.24) is 0 Å². The second-order valence-electron chi connectivity index (χ2n) is 1.77. The van der Waals surface area contributed by atoms with Gasteiger partial charge < -0.3 is 4.74 Å². The Labute approximate surface area is 71.1 Å². The number of carbonyl (C=O) groups is 1. The van der Waals surface area contributed by atoms with Crippen LogP contribution in [0.3, 0.4) is 0 Å². The van der Waals surface area contributed by atoms with Gasteiger partial charge >= 0.3 is 16.4 Å². The fourth-order valence-corrected chi connectivity index (χ4v) is 0.306. The predicted molar refractivity (Wildman–Crippen MR) is 41.1 cm³/mol. The van der Waals surface area contributed by atoms with Crippen molar-refractivity contribution in [2.75, 3.05) is 7.11 Å². The van der Waals surface area contributed by atoms with E-state index in [1.54, 1.807) is 0 Å². The second kappa shape index (κ2) is 7.01. The average Bonchev–Trinajstić information content (AvgIpc) is 1.85. The van der Waals surface area contributed by atoms with Crippen molar-refractivity contribution < 1.29 is 27.1 Å². The highest BCUT2D eigenvalue weighted by atomic mass is 32.3. The lowest BCUT2D eigenvalue weighted by atomic mass is 10.3. The van der Waals surface area contributed by atoms with Gasteiger partial charge in [-0.3, -0.25) is 13.9 Å². The van der Waals surface area contributed by atoms with E-state index in [-0.39, 0.29) is 5.97 Å². The summed E-state index contributed by atoms with van der Waals surface area (Å²) in [4.78, 5) is 10.2. The Morgan fingerprint density at radius 3 is 1.83 bits per heavy atom. The van der Waals surface area contributed by atoms with Gasteiger partial charge in [-0.1, -0.05) is 6.92 Å². The average molecular weight is 200 g/mol. The van der Waals surface area contributed by atoms with Crippen molar-refractivity contribution in [3.8, 4) is 0 Å². The van der Waals surface area contributed by atoms with E-state index < -0.39 is 10.4 Å².